The summed E-state index contributed by atoms with van der Waals surface area (Å²) in [7, 11) is 4.09. The van der Waals surface area contributed by atoms with Gasteiger partial charge in [-0.1, -0.05) is 12.1 Å². The minimum atomic E-state index is 0. The average molecular weight is 490 g/mol. The fraction of sp³-hybridized carbons (Fsp3) is 0.650. The molecule has 1 aromatic rings. The number of halogens is 1. The molecule has 1 unspecified atom stereocenters. The molecule has 0 aliphatic carbocycles. The van der Waals surface area contributed by atoms with Gasteiger partial charge >= 0.3 is 0 Å². The minimum absolute atomic E-state index is 0. The summed E-state index contributed by atoms with van der Waals surface area (Å²) in [4.78, 5) is 6.76. The van der Waals surface area contributed by atoms with E-state index >= 15 is 0 Å². The van der Waals surface area contributed by atoms with E-state index in [4.69, 9.17) is 9.47 Å². The maximum Gasteiger partial charge on any atom is 0.191 e. The van der Waals surface area contributed by atoms with E-state index in [0.29, 0.717) is 12.6 Å². The summed E-state index contributed by atoms with van der Waals surface area (Å²) in [5, 5.41) is 6.66. The van der Waals surface area contributed by atoms with Crippen molar-refractivity contribution in [1.29, 1.82) is 0 Å². The standard InChI is InChI=1S/C20H34N4O2.HI/c1-4-21-20(22-12-6-13-25-16-19-7-5-14-26-19)23-15-17-8-10-18(11-9-17)24(2)3;/h8-11,19H,4-7,12-16H2,1-3H3,(H2,21,22,23);1H. The van der Waals surface area contributed by atoms with E-state index < -0.39 is 0 Å². The first-order valence-corrected chi connectivity index (χ1v) is 9.67. The van der Waals surface area contributed by atoms with E-state index in [-0.39, 0.29) is 24.0 Å². The van der Waals surface area contributed by atoms with Crippen molar-refractivity contribution in [1.82, 2.24) is 10.6 Å². The molecule has 27 heavy (non-hydrogen) atoms. The number of nitrogens with zero attached hydrogens (tertiary/aromatic N) is 2. The van der Waals surface area contributed by atoms with Gasteiger partial charge in [-0.25, -0.2) is 4.99 Å². The Hall–Kier alpha value is -1.06. The van der Waals surface area contributed by atoms with Crippen molar-refractivity contribution in [2.45, 2.75) is 38.8 Å². The molecule has 0 aromatic heterocycles. The van der Waals surface area contributed by atoms with E-state index in [1.165, 1.54) is 11.3 Å². The smallest absolute Gasteiger partial charge is 0.191 e. The molecule has 1 aromatic carbocycles. The van der Waals surface area contributed by atoms with Gasteiger partial charge in [0.05, 0.1) is 19.3 Å². The molecule has 2 N–H and O–H groups in total. The zero-order chi connectivity index (χ0) is 18.6. The molecule has 0 saturated carbocycles. The van der Waals surface area contributed by atoms with Crippen LogP contribution in [0.15, 0.2) is 29.3 Å². The number of nitrogens with one attached hydrogen (secondary N) is 2. The largest absolute Gasteiger partial charge is 0.379 e. The van der Waals surface area contributed by atoms with Gasteiger partial charge in [0.1, 0.15) is 0 Å². The number of guanidine groups is 1. The van der Waals surface area contributed by atoms with Gasteiger partial charge in [-0.3, -0.25) is 0 Å². The van der Waals surface area contributed by atoms with Crippen LogP contribution in [0.1, 0.15) is 31.7 Å². The van der Waals surface area contributed by atoms with Crippen LogP contribution in [-0.4, -0.2) is 59.1 Å². The lowest BCUT2D eigenvalue weighted by Gasteiger charge is -2.13. The van der Waals surface area contributed by atoms with Crippen LogP contribution in [0.5, 0.6) is 0 Å². The Balaban J connectivity index is 0.00000364. The normalized spacial score (nSPS) is 16.7. The molecule has 0 amide bonds. The van der Waals surface area contributed by atoms with Crippen molar-refractivity contribution < 1.29 is 9.47 Å². The van der Waals surface area contributed by atoms with Crippen LogP contribution >= 0.6 is 24.0 Å². The molecular weight excluding hydrogens is 455 g/mol. The van der Waals surface area contributed by atoms with Gasteiger partial charge in [0, 0.05) is 46.1 Å². The van der Waals surface area contributed by atoms with Crippen LogP contribution in [0, 0.1) is 0 Å². The van der Waals surface area contributed by atoms with Gasteiger partial charge < -0.3 is 25.0 Å². The third-order valence-corrected chi connectivity index (χ3v) is 4.30. The topological polar surface area (TPSA) is 58.1 Å². The summed E-state index contributed by atoms with van der Waals surface area (Å²) in [5.41, 5.74) is 2.40. The zero-order valence-electron chi connectivity index (χ0n) is 16.9. The average Bonchev–Trinajstić information content (AvgIpc) is 3.16. The van der Waals surface area contributed by atoms with Crippen LogP contribution in [0.4, 0.5) is 5.69 Å². The minimum Gasteiger partial charge on any atom is -0.379 e. The van der Waals surface area contributed by atoms with Crippen LogP contribution < -0.4 is 15.5 Å². The van der Waals surface area contributed by atoms with Crippen molar-refractivity contribution in [3.63, 3.8) is 0 Å². The lowest BCUT2D eigenvalue weighted by atomic mass is 10.2. The Morgan fingerprint density at radius 3 is 2.67 bits per heavy atom. The Morgan fingerprint density at radius 1 is 1.26 bits per heavy atom. The molecule has 6 nitrogen and oxygen atoms in total. The molecule has 1 heterocycles. The fourth-order valence-electron chi connectivity index (χ4n) is 2.78. The third kappa shape index (κ3) is 9.62. The second kappa shape index (κ2) is 14.0. The first kappa shape index (κ1) is 24.0. The zero-order valence-corrected chi connectivity index (χ0v) is 19.2. The molecule has 2 rings (SSSR count). The summed E-state index contributed by atoms with van der Waals surface area (Å²) in [5.74, 6) is 0.850. The van der Waals surface area contributed by atoms with E-state index in [1.54, 1.807) is 0 Å². The van der Waals surface area contributed by atoms with Crippen molar-refractivity contribution in [2.24, 2.45) is 4.99 Å². The molecule has 1 fully saturated rings. The number of anilines is 1. The molecule has 0 bridgehead atoms. The van der Waals surface area contributed by atoms with E-state index in [9.17, 15) is 0 Å². The van der Waals surface area contributed by atoms with Gasteiger partial charge in [0.2, 0.25) is 0 Å². The number of benzene rings is 1. The van der Waals surface area contributed by atoms with Crippen LogP contribution in [-0.2, 0) is 16.0 Å². The van der Waals surface area contributed by atoms with Gasteiger partial charge in [0.25, 0.3) is 0 Å². The Kier molecular flexibility index (Phi) is 12.4. The highest BCUT2D eigenvalue weighted by Gasteiger charge is 2.14. The quantitative estimate of drug-likeness (QED) is 0.229. The molecule has 1 atom stereocenters. The van der Waals surface area contributed by atoms with Crippen molar-refractivity contribution in [3.8, 4) is 0 Å². The lowest BCUT2D eigenvalue weighted by Crippen LogP contribution is -2.38. The fourth-order valence-corrected chi connectivity index (χ4v) is 2.78. The maximum absolute atomic E-state index is 5.69. The number of hydrogen-bond donors (Lipinski definition) is 2. The number of ether oxygens (including phenoxy) is 2. The molecule has 1 aliphatic heterocycles. The molecule has 7 heteroatoms. The third-order valence-electron chi connectivity index (χ3n) is 4.30. The first-order chi connectivity index (χ1) is 12.7. The predicted molar refractivity (Wildman–Crippen MR) is 123 cm³/mol. The molecule has 0 spiro atoms. The highest BCUT2D eigenvalue weighted by atomic mass is 127. The predicted octanol–water partition coefficient (Wildman–Crippen LogP) is 3.01. The van der Waals surface area contributed by atoms with Crippen molar-refractivity contribution in [2.75, 3.05) is 51.9 Å². The van der Waals surface area contributed by atoms with Crippen LogP contribution in [0.3, 0.4) is 0 Å². The number of rotatable bonds is 10. The second-order valence-electron chi connectivity index (χ2n) is 6.75. The molecular formula is C20H35IN4O2. The number of hydrogen-bond acceptors (Lipinski definition) is 4. The van der Waals surface area contributed by atoms with E-state index in [0.717, 1.165) is 58.1 Å². The van der Waals surface area contributed by atoms with Gasteiger partial charge in [0.15, 0.2) is 5.96 Å². The van der Waals surface area contributed by atoms with E-state index in [1.807, 2.05) is 14.1 Å². The van der Waals surface area contributed by atoms with Gasteiger partial charge in [-0.05, 0) is 43.9 Å². The Morgan fingerprint density at radius 2 is 2.04 bits per heavy atom. The van der Waals surface area contributed by atoms with Crippen molar-refractivity contribution >= 4 is 35.6 Å². The summed E-state index contributed by atoms with van der Waals surface area (Å²) in [6, 6.07) is 8.50. The first-order valence-electron chi connectivity index (χ1n) is 9.67. The van der Waals surface area contributed by atoms with E-state index in [2.05, 4.69) is 51.7 Å². The molecule has 1 saturated heterocycles. The summed E-state index contributed by atoms with van der Waals surface area (Å²) >= 11 is 0. The van der Waals surface area contributed by atoms with Crippen LogP contribution in [0.2, 0.25) is 0 Å². The Bertz CT molecular complexity index is 531. The second-order valence-corrected chi connectivity index (χ2v) is 6.75. The lowest BCUT2D eigenvalue weighted by molar-refractivity contribution is 0.0168. The summed E-state index contributed by atoms with van der Waals surface area (Å²) in [6.07, 6.45) is 3.55. The monoisotopic (exact) mass is 490 g/mol. The number of aliphatic imine (C=N–C) groups is 1. The molecule has 1 aliphatic rings. The SMILES string of the molecule is CCNC(=NCc1ccc(N(C)C)cc1)NCCCOCC1CCCO1.I. The van der Waals surface area contributed by atoms with Gasteiger partial charge in [-0.15, -0.1) is 24.0 Å². The molecule has 154 valence electrons. The summed E-state index contributed by atoms with van der Waals surface area (Å²) in [6.45, 7) is 6.79. The van der Waals surface area contributed by atoms with Gasteiger partial charge in [-0.2, -0.15) is 0 Å². The van der Waals surface area contributed by atoms with Crippen LogP contribution in [0.25, 0.3) is 0 Å². The maximum atomic E-state index is 5.69. The Labute approximate surface area is 181 Å². The van der Waals surface area contributed by atoms with Crippen molar-refractivity contribution in [3.05, 3.63) is 29.8 Å². The molecule has 0 radical (unpaired) electrons. The summed E-state index contributed by atoms with van der Waals surface area (Å²) < 4.78 is 11.2. The highest BCUT2D eigenvalue weighted by Crippen LogP contribution is 2.13. The highest BCUT2D eigenvalue weighted by molar-refractivity contribution is 14.0.